The van der Waals surface area contributed by atoms with Crippen LogP contribution in [-0.4, -0.2) is 52.3 Å². The molecule has 1 saturated heterocycles. The van der Waals surface area contributed by atoms with Gasteiger partial charge in [0.25, 0.3) is 0 Å². The van der Waals surface area contributed by atoms with Crippen molar-refractivity contribution in [2.45, 2.75) is 31.8 Å². The topological polar surface area (TPSA) is 89.9 Å². The van der Waals surface area contributed by atoms with Crippen molar-refractivity contribution in [1.29, 1.82) is 0 Å². The van der Waals surface area contributed by atoms with Gasteiger partial charge in [-0.1, -0.05) is 0 Å². The number of carboxylic acid groups (broad SMARTS) is 1. The zero-order valence-corrected chi connectivity index (χ0v) is 8.64. The number of hydrogen-bond donors (Lipinski definition) is 3. The smallest absolute Gasteiger partial charge is 0.325 e. The first kappa shape index (κ1) is 11.8. The number of rotatable bonds is 3. The zero-order valence-electron chi connectivity index (χ0n) is 8.64. The lowest BCUT2D eigenvalue weighted by molar-refractivity contribution is -0.138. The van der Waals surface area contributed by atoms with Gasteiger partial charge in [0, 0.05) is 6.54 Å². The minimum Gasteiger partial charge on any atom is -0.480 e. The van der Waals surface area contributed by atoms with Gasteiger partial charge in [0.2, 0.25) is 0 Å². The summed E-state index contributed by atoms with van der Waals surface area (Å²) in [5, 5.41) is 20.0. The molecule has 0 radical (unpaired) electrons. The summed E-state index contributed by atoms with van der Waals surface area (Å²) in [5.74, 6) is -1.07. The van der Waals surface area contributed by atoms with Crippen LogP contribution in [0.15, 0.2) is 0 Å². The van der Waals surface area contributed by atoms with Gasteiger partial charge in [-0.15, -0.1) is 0 Å². The second kappa shape index (κ2) is 4.97. The SMILES string of the molecule is C[C@@H](NC(=O)N1CCCC1CO)C(=O)O. The van der Waals surface area contributed by atoms with Crippen LogP contribution in [0, 0.1) is 0 Å². The van der Waals surface area contributed by atoms with E-state index in [4.69, 9.17) is 10.2 Å². The maximum atomic E-state index is 11.6. The van der Waals surface area contributed by atoms with Crippen molar-refractivity contribution < 1.29 is 19.8 Å². The monoisotopic (exact) mass is 216 g/mol. The molecule has 0 aromatic rings. The number of nitrogens with zero attached hydrogens (tertiary/aromatic N) is 1. The molecule has 0 spiro atoms. The number of amides is 2. The molecule has 1 heterocycles. The molecule has 1 fully saturated rings. The number of hydrogen-bond acceptors (Lipinski definition) is 3. The summed E-state index contributed by atoms with van der Waals surface area (Å²) in [6.07, 6.45) is 1.62. The molecule has 86 valence electrons. The van der Waals surface area contributed by atoms with Crippen LogP contribution in [0.2, 0.25) is 0 Å². The third kappa shape index (κ3) is 2.82. The van der Waals surface area contributed by atoms with Gasteiger partial charge >= 0.3 is 12.0 Å². The fourth-order valence-electron chi connectivity index (χ4n) is 1.62. The highest BCUT2D eigenvalue weighted by atomic mass is 16.4. The standard InChI is InChI=1S/C9H16N2O4/c1-6(8(13)14)10-9(15)11-4-2-3-7(11)5-12/h6-7,12H,2-5H2,1H3,(H,10,15)(H,13,14)/t6-,7?/m1/s1. The van der Waals surface area contributed by atoms with Crippen molar-refractivity contribution in [3.63, 3.8) is 0 Å². The number of aliphatic carboxylic acids is 1. The number of likely N-dealkylation sites (tertiary alicyclic amines) is 1. The van der Waals surface area contributed by atoms with E-state index in [1.165, 1.54) is 11.8 Å². The van der Waals surface area contributed by atoms with E-state index in [2.05, 4.69) is 5.32 Å². The molecule has 15 heavy (non-hydrogen) atoms. The van der Waals surface area contributed by atoms with E-state index in [0.29, 0.717) is 6.54 Å². The van der Waals surface area contributed by atoms with Gasteiger partial charge in [0.05, 0.1) is 12.6 Å². The number of carbonyl (C=O) groups excluding carboxylic acids is 1. The molecular formula is C9H16N2O4. The molecule has 1 unspecified atom stereocenters. The van der Waals surface area contributed by atoms with Gasteiger partial charge in [-0.3, -0.25) is 4.79 Å². The summed E-state index contributed by atoms with van der Waals surface area (Å²) in [5.41, 5.74) is 0. The molecule has 1 rings (SSSR count). The molecule has 3 N–H and O–H groups in total. The Labute approximate surface area is 87.9 Å². The molecule has 1 aliphatic rings. The first-order valence-electron chi connectivity index (χ1n) is 4.97. The predicted molar refractivity (Wildman–Crippen MR) is 52.4 cm³/mol. The molecule has 6 heteroatoms. The Kier molecular flexibility index (Phi) is 3.90. The highest BCUT2D eigenvalue weighted by Crippen LogP contribution is 2.16. The van der Waals surface area contributed by atoms with Crippen molar-refractivity contribution in [3.8, 4) is 0 Å². The number of aliphatic hydroxyl groups excluding tert-OH is 1. The quantitative estimate of drug-likeness (QED) is 0.600. The number of carbonyl (C=O) groups is 2. The minimum absolute atomic E-state index is 0.0745. The van der Waals surface area contributed by atoms with Crippen molar-refractivity contribution >= 4 is 12.0 Å². The van der Waals surface area contributed by atoms with Crippen molar-refractivity contribution in [2.75, 3.05) is 13.2 Å². The lowest BCUT2D eigenvalue weighted by Gasteiger charge is -2.24. The van der Waals surface area contributed by atoms with Gasteiger partial charge in [-0.2, -0.15) is 0 Å². The van der Waals surface area contributed by atoms with E-state index in [1.54, 1.807) is 0 Å². The molecule has 0 aromatic heterocycles. The first-order valence-corrected chi connectivity index (χ1v) is 4.97. The number of carboxylic acids is 1. The van der Waals surface area contributed by atoms with E-state index in [9.17, 15) is 9.59 Å². The second-order valence-electron chi connectivity index (χ2n) is 3.68. The van der Waals surface area contributed by atoms with Crippen LogP contribution in [0.25, 0.3) is 0 Å². The Morgan fingerprint density at radius 1 is 1.60 bits per heavy atom. The fourth-order valence-corrected chi connectivity index (χ4v) is 1.62. The Balaban J connectivity index is 2.49. The molecular weight excluding hydrogens is 200 g/mol. The maximum absolute atomic E-state index is 11.6. The summed E-state index contributed by atoms with van der Waals surface area (Å²) in [6.45, 7) is 1.91. The van der Waals surface area contributed by atoms with Crippen LogP contribution >= 0.6 is 0 Å². The van der Waals surface area contributed by atoms with E-state index in [1.807, 2.05) is 0 Å². The highest BCUT2D eigenvalue weighted by molar-refractivity contribution is 5.82. The molecule has 2 amide bonds. The van der Waals surface area contributed by atoms with E-state index in [-0.39, 0.29) is 12.6 Å². The number of aliphatic hydroxyl groups is 1. The van der Waals surface area contributed by atoms with Gasteiger partial charge in [0.15, 0.2) is 0 Å². The molecule has 1 aliphatic heterocycles. The van der Waals surface area contributed by atoms with Crippen molar-refractivity contribution in [2.24, 2.45) is 0 Å². The maximum Gasteiger partial charge on any atom is 0.325 e. The van der Waals surface area contributed by atoms with Crippen LogP contribution in [0.5, 0.6) is 0 Å². The minimum atomic E-state index is -1.07. The Morgan fingerprint density at radius 2 is 2.27 bits per heavy atom. The summed E-state index contributed by atoms with van der Waals surface area (Å²) < 4.78 is 0. The lowest BCUT2D eigenvalue weighted by Crippen LogP contribution is -2.49. The average Bonchev–Trinajstić information content (AvgIpc) is 2.64. The van der Waals surface area contributed by atoms with Gasteiger partial charge in [0.1, 0.15) is 6.04 Å². The largest absolute Gasteiger partial charge is 0.480 e. The first-order chi connectivity index (χ1) is 7.06. The highest BCUT2D eigenvalue weighted by Gasteiger charge is 2.29. The predicted octanol–water partition coefficient (Wildman–Crippen LogP) is -0.374. The molecule has 2 atom stereocenters. The zero-order chi connectivity index (χ0) is 11.4. The summed E-state index contributed by atoms with van der Waals surface area (Å²) in [6, 6.07) is -1.50. The fraction of sp³-hybridized carbons (Fsp3) is 0.778. The van der Waals surface area contributed by atoms with E-state index < -0.39 is 18.0 Å². The van der Waals surface area contributed by atoms with Gasteiger partial charge < -0.3 is 20.4 Å². The molecule has 0 bridgehead atoms. The third-order valence-electron chi connectivity index (χ3n) is 2.56. The number of nitrogens with one attached hydrogen (secondary N) is 1. The Hall–Kier alpha value is -1.30. The van der Waals surface area contributed by atoms with Gasteiger partial charge in [-0.05, 0) is 19.8 Å². The third-order valence-corrected chi connectivity index (χ3v) is 2.56. The normalized spacial score (nSPS) is 22.5. The number of urea groups is 1. The molecule has 0 aromatic carbocycles. The van der Waals surface area contributed by atoms with Crippen LogP contribution in [-0.2, 0) is 4.79 Å². The second-order valence-corrected chi connectivity index (χ2v) is 3.68. The Bertz CT molecular complexity index is 256. The lowest BCUT2D eigenvalue weighted by atomic mass is 10.2. The van der Waals surface area contributed by atoms with Crippen molar-refractivity contribution in [3.05, 3.63) is 0 Å². The molecule has 0 saturated carbocycles. The summed E-state index contributed by atoms with van der Waals surface area (Å²) in [7, 11) is 0. The van der Waals surface area contributed by atoms with E-state index in [0.717, 1.165) is 12.8 Å². The molecule has 6 nitrogen and oxygen atoms in total. The van der Waals surface area contributed by atoms with Crippen molar-refractivity contribution in [1.82, 2.24) is 10.2 Å². The van der Waals surface area contributed by atoms with Crippen LogP contribution in [0.3, 0.4) is 0 Å². The summed E-state index contributed by atoms with van der Waals surface area (Å²) >= 11 is 0. The average molecular weight is 216 g/mol. The van der Waals surface area contributed by atoms with Crippen LogP contribution < -0.4 is 5.32 Å². The molecule has 0 aliphatic carbocycles. The van der Waals surface area contributed by atoms with Crippen LogP contribution in [0.4, 0.5) is 4.79 Å². The van der Waals surface area contributed by atoms with E-state index >= 15 is 0 Å². The summed E-state index contributed by atoms with van der Waals surface area (Å²) in [4.78, 5) is 23.6. The van der Waals surface area contributed by atoms with Gasteiger partial charge in [-0.25, -0.2) is 4.79 Å². The van der Waals surface area contributed by atoms with Crippen LogP contribution in [0.1, 0.15) is 19.8 Å². The Morgan fingerprint density at radius 3 is 2.80 bits per heavy atom.